The number of aldehydes is 1. The molecule has 0 aliphatic carbocycles. The smallest absolute Gasteiger partial charge is 0.284 e. The number of alkyl halides is 2. The van der Waals surface area contributed by atoms with Crippen LogP contribution in [0.2, 0.25) is 0 Å². The zero-order valence-corrected chi connectivity index (χ0v) is 8.16. The fraction of sp³-hybridized carbons (Fsp3) is 0.333. The van der Waals surface area contributed by atoms with Gasteiger partial charge in [-0.15, -0.1) is 0 Å². The van der Waals surface area contributed by atoms with Crippen molar-refractivity contribution in [3.63, 3.8) is 0 Å². The van der Waals surface area contributed by atoms with Crippen molar-refractivity contribution in [2.45, 2.75) is 6.43 Å². The van der Waals surface area contributed by atoms with Crippen LogP contribution in [0.5, 0.6) is 11.5 Å². The van der Waals surface area contributed by atoms with E-state index in [0.717, 1.165) is 0 Å². The molecule has 1 aromatic heterocycles. The summed E-state index contributed by atoms with van der Waals surface area (Å²) in [6, 6.07) is 1.23. The molecule has 0 N–H and O–H groups in total. The highest BCUT2D eigenvalue weighted by molar-refractivity contribution is 5.73. The molecular formula is C9H9F2NO3. The van der Waals surface area contributed by atoms with Crippen LogP contribution in [0.4, 0.5) is 8.78 Å². The van der Waals surface area contributed by atoms with Crippen molar-refractivity contribution >= 4 is 6.29 Å². The quantitative estimate of drug-likeness (QED) is 0.722. The van der Waals surface area contributed by atoms with E-state index in [0.29, 0.717) is 6.29 Å². The minimum absolute atomic E-state index is 0.0601. The highest BCUT2D eigenvalue weighted by Gasteiger charge is 2.21. The molecule has 1 heterocycles. The van der Waals surface area contributed by atoms with Crippen LogP contribution in [0.3, 0.4) is 0 Å². The summed E-state index contributed by atoms with van der Waals surface area (Å²) in [6.45, 7) is 0. The van der Waals surface area contributed by atoms with E-state index in [1.54, 1.807) is 0 Å². The fourth-order valence-corrected chi connectivity index (χ4v) is 1.11. The maximum atomic E-state index is 12.5. The molecule has 4 nitrogen and oxygen atoms in total. The van der Waals surface area contributed by atoms with Crippen LogP contribution in [0, 0.1) is 0 Å². The minimum Gasteiger partial charge on any atom is -0.493 e. The summed E-state index contributed by atoms with van der Waals surface area (Å²) in [5.74, 6) is -0.0944. The van der Waals surface area contributed by atoms with Crippen molar-refractivity contribution in [3.05, 3.63) is 17.5 Å². The van der Waals surface area contributed by atoms with Gasteiger partial charge in [0.15, 0.2) is 23.5 Å². The molecule has 1 rings (SSSR count). The molecule has 0 aliphatic heterocycles. The molecule has 0 aliphatic rings. The van der Waals surface area contributed by atoms with Gasteiger partial charge in [0.05, 0.1) is 14.2 Å². The van der Waals surface area contributed by atoms with Crippen molar-refractivity contribution in [1.82, 2.24) is 4.98 Å². The lowest BCUT2D eigenvalue weighted by atomic mass is 10.2. The van der Waals surface area contributed by atoms with Gasteiger partial charge in [-0.3, -0.25) is 4.79 Å². The van der Waals surface area contributed by atoms with Crippen LogP contribution >= 0.6 is 0 Å². The normalized spacial score (nSPS) is 10.2. The van der Waals surface area contributed by atoms with Gasteiger partial charge in [-0.05, 0) is 0 Å². The largest absolute Gasteiger partial charge is 0.493 e. The van der Waals surface area contributed by atoms with Gasteiger partial charge in [-0.2, -0.15) is 0 Å². The maximum Gasteiger partial charge on any atom is 0.284 e. The molecule has 82 valence electrons. The van der Waals surface area contributed by atoms with Crippen LogP contribution in [-0.2, 0) is 0 Å². The summed E-state index contributed by atoms with van der Waals surface area (Å²) in [5.41, 5.74) is -0.720. The molecule has 0 radical (unpaired) electrons. The fourth-order valence-electron chi connectivity index (χ4n) is 1.11. The number of hydrogen-bond donors (Lipinski definition) is 0. The zero-order chi connectivity index (χ0) is 11.4. The van der Waals surface area contributed by atoms with Gasteiger partial charge in [-0.25, -0.2) is 13.8 Å². The van der Waals surface area contributed by atoms with Gasteiger partial charge in [-0.1, -0.05) is 0 Å². The Bertz CT molecular complexity index is 369. The summed E-state index contributed by atoms with van der Waals surface area (Å²) in [6.07, 6.45) is -2.46. The number of carbonyl (C=O) groups excluding carboxylic acids is 1. The predicted octanol–water partition coefficient (Wildman–Crippen LogP) is 1.85. The Labute approximate surface area is 84.8 Å². The first kappa shape index (κ1) is 11.4. The third kappa shape index (κ3) is 2.20. The third-order valence-electron chi connectivity index (χ3n) is 1.74. The van der Waals surface area contributed by atoms with Crippen molar-refractivity contribution < 1.29 is 23.0 Å². The molecule has 0 aromatic carbocycles. The van der Waals surface area contributed by atoms with Gasteiger partial charge in [0.2, 0.25) is 0 Å². The number of aromatic nitrogens is 1. The van der Waals surface area contributed by atoms with Crippen molar-refractivity contribution in [1.29, 1.82) is 0 Å². The van der Waals surface area contributed by atoms with Crippen molar-refractivity contribution in [2.75, 3.05) is 14.2 Å². The summed E-state index contributed by atoms with van der Waals surface area (Å²) in [4.78, 5) is 13.9. The predicted molar refractivity (Wildman–Crippen MR) is 47.7 cm³/mol. The van der Waals surface area contributed by atoms with E-state index in [9.17, 15) is 13.6 Å². The highest BCUT2D eigenvalue weighted by Crippen LogP contribution is 2.35. The number of ether oxygens (including phenoxy) is 2. The zero-order valence-electron chi connectivity index (χ0n) is 8.16. The lowest BCUT2D eigenvalue weighted by molar-refractivity contribution is 0.111. The molecule has 0 atom stereocenters. The van der Waals surface area contributed by atoms with Gasteiger partial charge in [0.1, 0.15) is 5.69 Å². The van der Waals surface area contributed by atoms with Gasteiger partial charge in [0, 0.05) is 6.07 Å². The van der Waals surface area contributed by atoms with E-state index in [4.69, 9.17) is 9.47 Å². The van der Waals surface area contributed by atoms with E-state index in [1.165, 1.54) is 20.3 Å². The monoisotopic (exact) mass is 217 g/mol. The molecule has 6 heteroatoms. The average molecular weight is 217 g/mol. The average Bonchev–Trinajstić information content (AvgIpc) is 2.26. The van der Waals surface area contributed by atoms with E-state index in [1.807, 2.05) is 0 Å². The van der Waals surface area contributed by atoms with Crippen LogP contribution in [0.25, 0.3) is 0 Å². The number of pyridine rings is 1. The van der Waals surface area contributed by atoms with Crippen LogP contribution < -0.4 is 9.47 Å². The lowest BCUT2D eigenvalue weighted by Crippen LogP contribution is -2.02. The summed E-state index contributed by atoms with van der Waals surface area (Å²) < 4.78 is 34.6. The number of carbonyl (C=O) groups is 1. The summed E-state index contributed by atoms with van der Waals surface area (Å²) in [5, 5.41) is 0. The molecule has 0 saturated carbocycles. The highest BCUT2D eigenvalue weighted by atomic mass is 19.3. The number of nitrogens with zero attached hydrogens (tertiary/aromatic N) is 1. The third-order valence-corrected chi connectivity index (χ3v) is 1.74. The Balaban J connectivity index is 3.38. The van der Waals surface area contributed by atoms with E-state index in [-0.39, 0.29) is 17.2 Å². The molecule has 0 spiro atoms. The molecule has 15 heavy (non-hydrogen) atoms. The van der Waals surface area contributed by atoms with Crippen molar-refractivity contribution in [3.8, 4) is 11.5 Å². The molecule has 0 unspecified atom stereocenters. The maximum absolute atomic E-state index is 12.5. The van der Waals surface area contributed by atoms with Crippen molar-refractivity contribution in [2.24, 2.45) is 0 Å². The number of methoxy groups -OCH3 is 2. The van der Waals surface area contributed by atoms with Gasteiger partial charge >= 0.3 is 0 Å². The van der Waals surface area contributed by atoms with E-state index in [2.05, 4.69) is 4.98 Å². The Morgan fingerprint density at radius 3 is 2.47 bits per heavy atom. The molecule has 0 amide bonds. The topological polar surface area (TPSA) is 48.4 Å². The number of hydrogen-bond acceptors (Lipinski definition) is 4. The molecular weight excluding hydrogens is 208 g/mol. The second-order valence-corrected chi connectivity index (χ2v) is 2.59. The molecule has 0 bridgehead atoms. The second-order valence-electron chi connectivity index (χ2n) is 2.59. The molecule has 0 saturated heterocycles. The Hall–Kier alpha value is -1.72. The van der Waals surface area contributed by atoms with Gasteiger partial charge in [0.25, 0.3) is 6.43 Å². The van der Waals surface area contributed by atoms with Crippen LogP contribution in [0.1, 0.15) is 22.6 Å². The lowest BCUT2D eigenvalue weighted by Gasteiger charge is -2.11. The number of rotatable bonds is 4. The number of halogens is 2. The van der Waals surface area contributed by atoms with Crippen LogP contribution in [0.15, 0.2) is 6.07 Å². The first-order chi connectivity index (χ1) is 7.13. The second kappa shape index (κ2) is 4.68. The van der Waals surface area contributed by atoms with E-state index < -0.39 is 12.1 Å². The first-order valence-electron chi connectivity index (χ1n) is 4.00. The van der Waals surface area contributed by atoms with E-state index >= 15 is 0 Å². The minimum atomic E-state index is -2.83. The molecule has 0 fully saturated rings. The first-order valence-corrected chi connectivity index (χ1v) is 4.00. The standard InChI is InChI=1S/C9H9F2NO3/c1-14-6-3-5(4-13)12-7(9(10)11)8(6)15-2/h3-4,9H,1-2H3. The van der Waals surface area contributed by atoms with Crippen LogP contribution in [-0.4, -0.2) is 25.5 Å². The molecule has 1 aromatic rings. The summed E-state index contributed by atoms with van der Waals surface area (Å²) in [7, 11) is 2.52. The SMILES string of the molecule is COc1cc(C=O)nc(C(F)F)c1OC. The Kier molecular flexibility index (Phi) is 3.54. The van der Waals surface area contributed by atoms with Gasteiger partial charge < -0.3 is 9.47 Å². The Morgan fingerprint density at radius 1 is 1.40 bits per heavy atom. The Morgan fingerprint density at radius 2 is 2.07 bits per heavy atom. The summed E-state index contributed by atoms with van der Waals surface area (Å²) >= 11 is 0.